The first-order valence-corrected chi connectivity index (χ1v) is 11.7. The lowest BCUT2D eigenvalue weighted by Gasteiger charge is -2.22. The number of benzene rings is 1. The van der Waals surface area contributed by atoms with Crippen LogP contribution in [-0.2, 0) is 16.4 Å². The zero-order valence-corrected chi connectivity index (χ0v) is 17.7. The molecule has 1 saturated heterocycles. The molecule has 0 amide bonds. The van der Waals surface area contributed by atoms with Gasteiger partial charge in [-0.3, -0.25) is 4.99 Å². The molecule has 1 N–H and O–H groups in total. The number of hydrogen-bond acceptors (Lipinski definition) is 3. The maximum Gasteiger partial charge on any atom is 0.215 e. The van der Waals surface area contributed by atoms with Crippen molar-refractivity contribution in [2.75, 3.05) is 45.0 Å². The highest BCUT2D eigenvalue weighted by atomic mass is 32.2. The SMILES string of the molecule is CCNC(=NCCS(=O)(=O)N(CC)CC)N1CCC(Cc2ccccc2)C1. The lowest BCUT2D eigenvalue weighted by atomic mass is 9.99. The number of nitrogens with zero attached hydrogens (tertiary/aromatic N) is 3. The molecule has 0 saturated carbocycles. The fraction of sp³-hybridized carbons (Fsp3) is 0.650. The third-order valence-corrected chi connectivity index (χ3v) is 7.00. The minimum atomic E-state index is -3.23. The van der Waals surface area contributed by atoms with Gasteiger partial charge in [0.2, 0.25) is 10.0 Å². The summed E-state index contributed by atoms with van der Waals surface area (Å²) in [6.07, 6.45) is 2.21. The van der Waals surface area contributed by atoms with E-state index in [1.54, 1.807) is 0 Å². The molecule has 7 heteroatoms. The Morgan fingerprint density at radius 3 is 2.56 bits per heavy atom. The summed E-state index contributed by atoms with van der Waals surface area (Å²) in [6.45, 7) is 9.79. The minimum absolute atomic E-state index is 0.0604. The predicted molar refractivity (Wildman–Crippen MR) is 113 cm³/mol. The van der Waals surface area contributed by atoms with Crippen LogP contribution in [-0.4, -0.2) is 68.6 Å². The molecule has 1 aromatic rings. The van der Waals surface area contributed by atoms with Gasteiger partial charge in [0.1, 0.15) is 0 Å². The number of guanidine groups is 1. The third-order valence-electron chi connectivity index (χ3n) is 5.00. The molecule has 0 spiro atoms. The molecule has 27 heavy (non-hydrogen) atoms. The maximum atomic E-state index is 12.3. The molecule has 1 aromatic carbocycles. The highest BCUT2D eigenvalue weighted by molar-refractivity contribution is 7.89. The normalized spacial score (nSPS) is 18.3. The summed E-state index contributed by atoms with van der Waals surface area (Å²) in [5, 5.41) is 3.32. The van der Waals surface area contributed by atoms with Crippen LogP contribution in [0.4, 0.5) is 0 Å². The second-order valence-electron chi connectivity index (χ2n) is 6.93. The first-order valence-electron chi connectivity index (χ1n) is 10.0. The Hall–Kier alpha value is -1.60. The molecule has 0 aromatic heterocycles. The Labute approximate surface area is 164 Å². The van der Waals surface area contributed by atoms with Gasteiger partial charge < -0.3 is 10.2 Å². The van der Waals surface area contributed by atoms with Crippen LogP contribution >= 0.6 is 0 Å². The largest absolute Gasteiger partial charge is 0.357 e. The zero-order chi connectivity index (χ0) is 19.7. The highest BCUT2D eigenvalue weighted by Crippen LogP contribution is 2.21. The quantitative estimate of drug-likeness (QED) is 0.515. The molecule has 1 aliphatic heterocycles. The molecular formula is C20H34N4O2S. The fourth-order valence-electron chi connectivity index (χ4n) is 3.58. The van der Waals surface area contributed by atoms with E-state index in [2.05, 4.69) is 39.5 Å². The van der Waals surface area contributed by atoms with E-state index in [1.165, 1.54) is 9.87 Å². The molecule has 0 aliphatic carbocycles. The molecule has 1 unspecified atom stereocenters. The van der Waals surface area contributed by atoms with Crippen molar-refractivity contribution < 1.29 is 8.42 Å². The van der Waals surface area contributed by atoms with Crippen LogP contribution in [0, 0.1) is 5.92 Å². The molecule has 1 heterocycles. The van der Waals surface area contributed by atoms with Gasteiger partial charge in [-0.2, -0.15) is 0 Å². The summed E-state index contributed by atoms with van der Waals surface area (Å²) in [5.41, 5.74) is 1.37. The predicted octanol–water partition coefficient (Wildman–Crippen LogP) is 2.19. The molecule has 1 atom stereocenters. The van der Waals surface area contributed by atoms with Gasteiger partial charge in [0.15, 0.2) is 5.96 Å². The van der Waals surface area contributed by atoms with E-state index in [1.807, 2.05) is 26.8 Å². The Morgan fingerprint density at radius 1 is 1.22 bits per heavy atom. The second kappa shape index (κ2) is 10.7. The summed E-state index contributed by atoms with van der Waals surface area (Å²) < 4.78 is 26.2. The number of rotatable bonds is 9. The van der Waals surface area contributed by atoms with Crippen molar-refractivity contribution >= 4 is 16.0 Å². The maximum absolute atomic E-state index is 12.3. The Kier molecular flexibility index (Phi) is 8.57. The van der Waals surface area contributed by atoms with Crippen molar-refractivity contribution in [1.29, 1.82) is 0 Å². The van der Waals surface area contributed by atoms with E-state index < -0.39 is 10.0 Å². The molecule has 1 fully saturated rings. The van der Waals surface area contributed by atoms with Crippen LogP contribution in [0.25, 0.3) is 0 Å². The van der Waals surface area contributed by atoms with Crippen LogP contribution in [0.1, 0.15) is 32.8 Å². The summed E-state index contributed by atoms with van der Waals surface area (Å²) in [5.74, 6) is 1.50. The summed E-state index contributed by atoms with van der Waals surface area (Å²) in [6, 6.07) is 10.6. The van der Waals surface area contributed by atoms with Crippen LogP contribution in [0.5, 0.6) is 0 Å². The second-order valence-corrected chi connectivity index (χ2v) is 9.01. The van der Waals surface area contributed by atoms with Gasteiger partial charge in [-0.15, -0.1) is 0 Å². The lowest BCUT2D eigenvalue weighted by molar-refractivity contribution is 0.444. The van der Waals surface area contributed by atoms with Crippen LogP contribution in [0.3, 0.4) is 0 Å². The number of nitrogens with one attached hydrogen (secondary N) is 1. The minimum Gasteiger partial charge on any atom is -0.357 e. The molecule has 152 valence electrons. The van der Waals surface area contributed by atoms with Gasteiger partial charge in [-0.1, -0.05) is 44.2 Å². The molecule has 2 rings (SSSR count). The van der Waals surface area contributed by atoms with Crippen molar-refractivity contribution in [3.05, 3.63) is 35.9 Å². The fourth-order valence-corrected chi connectivity index (χ4v) is 4.94. The number of sulfonamides is 1. The molecule has 0 radical (unpaired) electrons. The zero-order valence-electron chi connectivity index (χ0n) is 16.9. The van der Waals surface area contributed by atoms with Gasteiger partial charge in [0.05, 0.1) is 12.3 Å². The van der Waals surface area contributed by atoms with Gasteiger partial charge in [-0.05, 0) is 31.2 Å². The van der Waals surface area contributed by atoms with Crippen LogP contribution < -0.4 is 5.32 Å². The van der Waals surface area contributed by atoms with E-state index in [-0.39, 0.29) is 5.75 Å². The van der Waals surface area contributed by atoms with Crippen molar-refractivity contribution in [3.8, 4) is 0 Å². The first-order chi connectivity index (χ1) is 13.0. The Morgan fingerprint density at radius 2 is 1.93 bits per heavy atom. The van der Waals surface area contributed by atoms with Gasteiger partial charge in [0.25, 0.3) is 0 Å². The van der Waals surface area contributed by atoms with Crippen molar-refractivity contribution in [3.63, 3.8) is 0 Å². The molecule has 0 bridgehead atoms. The summed E-state index contributed by atoms with van der Waals surface area (Å²) in [4.78, 5) is 6.86. The smallest absolute Gasteiger partial charge is 0.215 e. The average molecular weight is 395 g/mol. The number of likely N-dealkylation sites (tertiary alicyclic amines) is 1. The van der Waals surface area contributed by atoms with E-state index in [9.17, 15) is 8.42 Å². The van der Waals surface area contributed by atoms with Crippen molar-refractivity contribution in [2.45, 2.75) is 33.6 Å². The Balaban J connectivity index is 1.93. The molecule has 6 nitrogen and oxygen atoms in total. The Bertz CT molecular complexity index is 687. The van der Waals surface area contributed by atoms with Crippen molar-refractivity contribution in [1.82, 2.24) is 14.5 Å². The van der Waals surface area contributed by atoms with E-state index in [0.717, 1.165) is 38.4 Å². The average Bonchev–Trinajstić information content (AvgIpc) is 3.11. The van der Waals surface area contributed by atoms with Gasteiger partial charge in [-0.25, -0.2) is 12.7 Å². The lowest BCUT2D eigenvalue weighted by Crippen LogP contribution is -2.41. The third kappa shape index (κ3) is 6.50. The monoisotopic (exact) mass is 394 g/mol. The van der Waals surface area contributed by atoms with Crippen molar-refractivity contribution in [2.24, 2.45) is 10.9 Å². The number of aliphatic imine (C=N–C) groups is 1. The van der Waals surface area contributed by atoms with E-state index in [4.69, 9.17) is 0 Å². The van der Waals surface area contributed by atoms with E-state index >= 15 is 0 Å². The summed E-state index contributed by atoms with van der Waals surface area (Å²) in [7, 11) is -3.23. The highest BCUT2D eigenvalue weighted by Gasteiger charge is 2.25. The topological polar surface area (TPSA) is 65.0 Å². The van der Waals surface area contributed by atoms with E-state index in [0.29, 0.717) is 25.6 Å². The van der Waals surface area contributed by atoms with Crippen LogP contribution in [0.2, 0.25) is 0 Å². The van der Waals surface area contributed by atoms with Crippen LogP contribution in [0.15, 0.2) is 35.3 Å². The number of hydrogen-bond donors (Lipinski definition) is 1. The summed E-state index contributed by atoms with van der Waals surface area (Å²) >= 11 is 0. The molecular weight excluding hydrogens is 360 g/mol. The standard InChI is InChI=1S/C20H34N4O2S/c1-4-21-20(22-13-15-27(25,26)24(5-2)6-3)23-14-12-19(17-23)16-18-10-8-7-9-11-18/h7-11,19H,4-6,12-17H2,1-3H3,(H,21,22). The molecule has 1 aliphatic rings. The van der Waals surface area contributed by atoms with Gasteiger partial charge >= 0.3 is 0 Å². The van der Waals surface area contributed by atoms with Gasteiger partial charge in [0, 0.05) is 32.7 Å². The first kappa shape index (κ1) is 21.7.